The third kappa shape index (κ3) is 3.72. The average molecular weight is 369 g/mol. The summed E-state index contributed by atoms with van der Waals surface area (Å²) in [4.78, 5) is 16.2. The standard InChI is InChI=1S/C17H18Cl2N2OS/c1-11(17(22)20-14-7-6-12(18)10-13(14)19)21-8-2-4-15(21)16-5-3-9-23-16/h3,5-7,9-11,15H,2,4,8H2,1H3,(H,20,22)/t11-,15+/m0/s1. The molecule has 2 heterocycles. The van der Waals surface area contributed by atoms with E-state index in [0.717, 1.165) is 19.4 Å². The van der Waals surface area contributed by atoms with Crippen molar-refractivity contribution in [2.75, 3.05) is 11.9 Å². The lowest BCUT2D eigenvalue weighted by Gasteiger charge is -2.29. The van der Waals surface area contributed by atoms with E-state index >= 15 is 0 Å². The second-order valence-electron chi connectivity index (χ2n) is 5.70. The lowest BCUT2D eigenvalue weighted by Crippen LogP contribution is -2.41. The molecule has 1 aromatic carbocycles. The van der Waals surface area contributed by atoms with Gasteiger partial charge in [0.25, 0.3) is 0 Å². The molecule has 2 atom stereocenters. The first-order valence-electron chi connectivity index (χ1n) is 7.61. The monoisotopic (exact) mass is 368 g/mol. The van der Waals surface area contributed by atoms with Crippen molar-refractivity contribution < 1.29 is 4.79 Å². The number of thiophene rings is 1. The van der Waals surface area contributed by atoms with Crippen molar-refractivity contribution in [1.29, 1.82) is 0 Å². The van der Waals surface area contributed by atoms with Crippen LogP contribution in [0.15, 0.2) is 35.7 Å². The predicted octanol–water partition coefficient (Wildman–Crippen LogP) is 5.22. The third-order valence-electron chi connectivity index (χ3n) is 4.23. The Hall–Kier alpha value is -1.07. The highest BCUT2D eigenvalue weighted by Crippen LogP contribution is 2.36. The average Bonchev–Trinajstić information content (AvgIpc) is 3.19. The normalized spacial score (nSPS) is 19.7. The van der Waals surface area contributed by atoms with E-state index in [-0.39, 0.29) is 11.9 Å². The lowest BCUT2D eigenvalue weighted by molar-refractivity contribution is -0.121. The smallest absolute Gasteiger partial charge is 0.241 e. The number of hydrogen-bond donors (Lipinski definition) is 1. The SMILES string of the molecule is C[C@@H](C(=O)Nc1ccc(Cl)cc1Cl)N1CCC[C@@H]1c1cccs1. The molecule has 0 spiro atoms. The summed E-state index contributed by atoms with van der Waals surface area (Å²) in [6, 6.07) is 9.41. The number of nitrogens with zero attached hydrogens (tertiary/aromatic N) is 1. The molecule has 6 heteroatoms. The molecule has 2 aromatic rings. The fraction of sp³-hybridized carbons (Fsp3) is 0.353. The number of carbonyl (C=O) groups excluding carboxylic acids is 1. The fourth-order valence-electron chi connectivity index (χ4n) is 3.02. The van der Waals surface area contributed by atoms with Gasteiger partial charge in [0.2, 0.25) is 5.91 Å². The molecular weight excluding hydrogens is 351 g/mol. The van der Waals surface area contributed by atoms with Crippen LogP contribution in [0.25, 0.3) is 0 Å². The number of likely N-dealkylation sites (tertiary alicyclic amines) is 1. The molecule has 3 rings (SSSR count). The second kappa shape index (κ2) is 7.22. The summed E-state index contributed by atoms with van der Waals surface area (Å²) in [5.74, 6) is -0.0438. The van der Waals surface area contributed by atoms with Crippen molar-refractivity contribution in [2.24, 2.45) is 0 Å². The van der Waals surface area contributed by atoms with Crippen LogP contribution in [-0.4, -0.2) is 23.4 Å². The molecular formula is C17H18Cl2N2OS. The predicted molar refractivity (Wildman–Crippen MR) is 97.6 cm³/mol. The van der Waals surface area contributed by atoms with Crippen LogP contribution in [-0.2, 0) is 4.79 Å². The number of rotatable bonds is 4. The highest BCUT2D eigenvalue weighted by molar-refractivity contribution is 7.10. The van der Waals surface area contributed by atoms with E-state index in [0.29, 0.717) is 21.8 Å². The molecule has 0 unspecified atom stereocenters. The zero-order valence-electron chi connectivity index (χ0n) is 12.8. The van der Waals surface area contributed by atoms with Crippen molar-refractivity contribution >= 4 is 46.1 Å². The summed E-state index contributed by atoms with van der Waals surface area (Å²) in [6.45, 7) is 2.89. The zero-order valence-corrected chi connectivity index (χ0v) is 15.1. The van der Waals surface area contributed by atoms with Crippen LogP contribution in [0.5, 0.6) is 0 Å². The van der Waals surface area contributed by atoms with Crippen LogP contribution >= 0.6 is 34.5 Å². The largest absolute Gasteiger partial charge is 0.323 e. The van der Waals surface area contributed by atoms with E-state index in [4.69, 9.17) is 23.2 Å². The molecule has 1 N–H and O–H groups in total. The highest BCUT2D eigenvalue weighted by atomic mass is 35.5. The molecule has 1 aliphatic heterocycles. The van der Waals surface area contributed by atoms with Gasteiger partial charge < -0.3 is 5.32 Å². The molecule has 1 saturated heterocycles. The Balaban J connectivity index is 1.71. The summed E-state index contributed by atoms with van der Waals surface area (Å²) in [5, 5.41) is 6.01. The summed E-state index contributed by atoms with van der Waals surface area (Å²) in [6.07, 6.45) is 2.21. The Bertz CT molecular complexity index is 690. The van der Waals surface area contributed by atoms with Gasteiger partial charge in [0, 0.05) is 15.9 Å². The Kier molecular flexibility index (Phi) is 5.27. The summed E-state index contributed by atoms with van der Waals surface area (Å²) in [7, 11) is 0. The first-order chi connectivity index (χ1) is 11.1. The summed E-state index contributed by atoms with van der Waals surface area (Å²) < 4.78 is 0. The van der Waals surface area contributed by atoms with Crippen molar-refractivity contribution in [2.45, 2.75) is 31.8 Å². The number of halogens is 2. The molecule has 122 valence electrons. The quantitative estimate of drug-likeness (QED) is 0.802. The number of benzene rings is 1. The fourth-order valence-corrected chi connectivity index (χ4v) is 4.36. The molecule has 23 heavy (non-hydrogen) atoms. The van der Waals surface area contributed by atoms with Gasteiger partial charge in [-0.15, -0.1) is 11.3 Å². The maximum Gasteiger partial charge on any atom is 0.241 e. The van der Waals surface area contributed by atoms with E-state index in [1.807, 2.05) is 6.92 Å². The summed E-state index contributed by atoms with van der Waals surface area (Å²) >= 11 is 13.8. The Morgan fingerprint density at radius 1 is 1.39 bits per heavy atom. The van der Waals surface area contributed by atoms with E-state index in [9.17, 15) is 4.79 Å². The van der Waals surface area contributed by atoms with E-state index in [1.54, 1.807) is 29.5 Å². The number of nitrogens with one attached hydrogen (secondary N) is 1. The highest BCUT2D eigenvalue weighted by Gasteiger charge is 2.33. The molecule has 1 aliphatic rings. The Morgan fingerprint density at radius 3 is 2.91 bits per heavy atom. The first-order valence-corrected chi connectivity index (χ1v) is 9.25. The number of amides is 1. The van der Waals surface area contributed by atoms with E-state index < -0.39 is 0 Å². The van der Waals surface area contributed by atoms with E-state index in [1.165, 1.54) is 4.88 Å². The van der Waals surface area contributed by atoms with Gasteiger partial charge in [-0.1, -0.05) is 29.3 Å². The molecule has 3 nitrogen and oxygen atoms in total. The van der Waals surface area contributed by atoms with Crippen LogP contribution in [0, 0.1) is 0 Å². The van der Waals surface area contributed by atoms with Crippen LogP contribution in [0.2, 0.25) is 10.0 Å². The molecule has 1 aromatic heterocycles. The minimum atomic E-state index is -0.212. The van der Waals surface area contributed by atoms with Gasteiger partial charge in [-0.2, -0.15) is 0 Å². The van der Waals surface area contributed by atoms with Crippen LogP contribution in [0.4, 0.5) is 5.69 Å². The molecule has 0 saturated carbocycles. The Labute approximate surface area is 150 Å². The third-order valence-corrected chi connectivity index (χ3v) is 5.75. The second-order valence-corrected chi connectivity index (χ2v) is 7.52. The van der Waals surface area contributed by atoms with Gasteiger partial charge in [0.05, 0.1) is 16.8 Å². The first kappa shape index (κ1) is 16.8. The summed E-state index contributed by atoms with van der Waals surface area (Å²) in [5.41, 5.74) is 0.597. The van der Waals surface area contributed by atoms with Gasteiger partial charge in [-0.05, 0) is 56.0 Å². The van der Waals surface area contributed by atoms with Crippen LogP contribution in [0.1, 0.15) is 30.7 Å². The number of hydrogen-bond acceptors (Lipinski definition) is 3. The molecule has 1 amide bonds. The van der Waals surface area contributed by atoms with E-state index in [2.05, 4.69) is 27.7 Å². The Morgan fingerprint density at radius 2 is 2.22 bits per heavy atom. The van der Waals surface area contributed by atoms with Crippen molar-refractivity contribution in [3.63, 3.8) is 0 Å². The van der Waals surface area contributed by atoms with Gasteiger partial charge >= 0.3 is 0 Å². The van der Waals surface area contributed by atoms with Crippen molar-refractivity contribution in [1.82, 2.24) is 4.90 Å². The van der Waals surface area contributed by atoms with Crippen LogP contribution < -0.4 is 5.32 Å². The maximum absolute atomic E-state index is 12.6. The molecule has 1 fully saturated rings. The minimum Gasteiger partial charge on any atom is -0.323 e. The van der Waals surface area contributed by atoms with Crippen LogP contribution in [0.3, 0.4) is 0 Å². The molecule has 0 aliphatic carbocycles. The van der Waals surface area contributed by atoms with Gasteiger partial charge in [-0.3, -0.25) is 9.69 Å². The lowest BCUT2D eigenvalue weighted by atomic mass is 10.1. The maximum atomic E-state index is 12.6. The topological polar surface area (TPSA) is 32.3 Å². The van der Waals surface area contributed by atoms with Gasteiger partial charge in [-0.25, -0.2) is 0 Å². The molecule has 0 radical (unpaired) electrons. The zero-order chi connectivity index (χ0) is 16.4. The number of anilines is 1. The van der Waals surface area contributed by atoms with Gasteiger partial charge in [0.1, 0.15) is 0 Å². The number of carbonyl (C=O) groups is 1. The van der Waals surface area contributed by atoms with Crippen molar-refractivity contribution in [3.05, 3.63) is 50.6 Å². The minimum absolute atomic E-state index is 0.0438. The molecule has 0 bridgehead atoms. The van der Waals surface area contributed by atoms with Crippen molar-refractivity contribution in [3.8, 4) is 0 Å². The van der Waals surface area contributed by atoms with Gasteiger partial charge in [0.15, 0.2) is 0 Å².